The number of fused-ring (bicyclic) bond motifs is 1. The van der Waals surface area contributed by atoms with Crippen LogP contribution in [0.4, 0.5) is 0 Å². The summed E-state index contributed by atoms with van der Waals surface area (Å²) in [5.74, 6) is -2.36. The average molecular weight is 402 g/mol. The fraction of sp³-hybridized carbons (Fsp3) is 0.500. The molecule has 1 amide bonds. The Labute approximate surface area is 171 Å². The molecule has 29 heavy (non-hydrogen) atoms. The number of rotatable bonds is 8. The number of hydrogen-bond acceptors (Lipinski definition) is 4. The number of nitrogens with one attached hydrogen (secondary N) is 1. The van der Waals surface area contributed by atoms with E-state index >= 15 is 0 Å². The normalized spacial score (nSPS) is 13.7. The number of aromatic nitrogens is 1. The van der Waals surface area contributed by atoms with Gasteiger partial charge in [-0.15, -0.1) is 0 Å². The van der Waals surface area contributed by atoms with E-state index in [0.29, 0.717) is 6.42 Å². The van der Waals surface area contributed by atoms with Gasteiger partial charge in [0.05, 0.1) is 0 Å². The Morgan fingerprint density at radius 2 is 1.86 bits per heavy atom. The van der Waals surface area contributed by atoms with Gasteiger partial charge in [0.25, 0.3) is 0 Å². The van der Waals surface area contributed by atoms with Crippen molar-refractivity contribution in [2.45, 2.75) is 58.6 Å². The Bertz CT molecular complexity index is 894. The zero-order chi connectivity index (χ0) is 21.8. The Morgan fingerprint density at radius 1 is 1.21 bits per heavy atom. The SMILES string of the molecule is C[C@@H](CCC(=O)OC(C)(C)C)C(=O)N[C@H](Cc1cn(C)c2ccccc12)C(=O)O. The predicted molar refractivity (Wildman–Crippen MR) is 110 cm³/mol. The van der Waals surface area contributed by atoms with Crippen molar-refractivity contribution in [1.29, 1.82) is 0 Å². The Balaban J connectivity index is 2.00. The van der Waals surface area contributed by atoms with E-state index < -0.39 is 23.5 Å². The third-order valence-electron chi connectivity index (χ3n) is 4.67. The number of carbonyl (C=O) groups is 3. The van der Waals surface area contributed by atoms with Gasteiger partial charge in [-0.25, -0.2) is 4.79 Å². The van der Waals surface area contributed by atoms with Crippen LogP contribution in [0.25, 0.3) is 10.9 Å². The van der Waals surface area contributed by atoms with Gasteiger partial charge in [-0.3, -0.25) is 9.59 Å². The van der Waals surface area contributed by atoms with Crippen LogP contribution in [0.1, 0.15) is 46.1 Å². The lowest BCUT2D eigenvalue weighted by molar-refractivity contribution is -0.155. The summed E-state index contributed by atoms with van der Waals surface area (Å²) in [5, 5.41) is 13.2. The summed E-state index contributed by atoms with van der Waals surface area (Å²) in [5.41, 5.74) is 1.29. The number of carboxylic acids is 1. The number of nitrogens with zero attached hydrogens (tertiary/aromatic N) is 1. The maximum Gasteiger partial charge on any atom is 0.326 e. The summed E-state index contributed by atoms with van der Waals surface area (Å²) < 4.78 is 7.18. The predicted octanol–water partition coefficient (Wildman–Crippen LogP) is 3.05. The van der Waals surface area contributed by atoms with E-state index in [1.807, 2.05) is 42.1 Å². The van der Waals surface area contributed by atoms with Gasteiger partial charge in [0.1, 0.15) is 11.6 Å². The number of esters is 1. The number of amides is 1. The van der Waals surface area contributed by atoms with E-state index in [9.17, 15) is 19.5 Å². The van der Waals surface area contributed by atoms with Crippen molar-refractivity contribution in [3.8, 4) is 0 Å². The number of hydrogen-bond donors (Lipinski definition) is 2. The summed E-state index contributed by atoms with van der Waals surface area (Å²) in [6, 6.07) is 6.69. The molecule has 0 radical (unpaired) electrons. The van der Waals surface area contributed by atoms with Crippen LogP contribution < -0.4 is 5.32 Å². The molecule has 0 aliphatic heterocycles. The van der Waals surface area contributed by atoms with Gasteiger partial charge in [0, 0.05) is 42.9 Å². The van der Waals surface area contributed by atoms with Gasteiger partial charge in [-0.2, -0.15) is 0 Å². The van der Waals surface area contributed by atoms with Gasteiger partial charge in [0.2, 0.25) is 5.91 Å². The standard InChI is InChI=1S/C22H30N2O5/c1-14(10-11-19(25)29-22(2,3)4)20(26)23-17(21(27)28)12-15-13-24(5)18-9-7-6-8-16(15)18/h6-9,13-14,17H,10-12H2,1-5H3,(H,23,26)(H,27,28)/t14-,17+/m0/s1. The molecule has 0 saturated carbocycles. The van der Waals surface area contributed by atoms with Gasteiger partial charge >= 0.3 is 11.9 Å². The second kappa shape index (κ2) is 9.11. The van der Waals surface area contributed by atoms with Crippen molar-refractivity contribution < 1.29 is 24.2 Å². The monoisotopic (exact) mass is 402 g/mol. The summed E-state index contributed by atoms with van der Waals surface area (Å²) in [7, 11) is 1.90. The quantitative estimate of drug-likeness (QED) is 0.662. The van der Waals surface area contributed by atoms with Crippen LogP contribution in [0.3, 0.4) is 0 Å². The molecule has 0 unspecified atom stereocenters. The molecule has 2 atom stereocenters. The lowest BCUT2D eigenvalue weighted by atomic mass is 10.0. The zero-order valence-corrected chi connectivity index (χ0v) is 17.7. The number of carbonyl (C=O) groups excluding carboxylic acids is 2. The molecule has 1 heterocycles. The van der Waals surface area contributed by atoms with Gasteiger partial charge in [-0.05, 0) is 38.8 Å². The number of carboxylic acid groups (broad SMARTS) is 1. The molecule has 2 rings (SSSR count). The van der Waals surface area contributed by atoms with Gasteiger partial charge in [0.15, 0.2) is 0 Å². The number of benzene rings is 1. The maximum absolute atomic E-state index is 12.5. The molecule has 0 aliphatic rings. The Morgan fingerprint density at radius 3 is 2.48 bits per heavy atom. The van der Waals surface area contributed by atoms with Crippen LogP contribution in [-0.2, 0) is 32.6 Å². The van der Waals surface area contributed by atoms with Crippen LogP contribution in [0.5, 0.6) is 0 Å². The molecule has 0 saturated heterocycles. The third kappa shape index (κ3) is 6.34. The summed E-state index contributed by atoms with van der Waals surface area (Å²) in [6.07, 6.45) is 2.47. The second-order valence-electron chi connectivity index (χ2n) is 8.41. The van der Waals surface area contributed by atoms with Gasteiger partial charge < -0.3 is 19.7 Å². The van der Waals surface area contributed by atoms with Crippen LogP contribution >= 0.6 is 0 Å². The topological polar surface area (TPSA) is 97.6 Å². The zero-order valence-electron chi connectivity index (χ0n) is 17.7. The molecule has 158 valence electrons. The molecule has 0 aliphatic carbocycles. The Hall–Kier alpha value is -2.83. The average Bonchev–Trinajstić information content (AvgIpc) is 2.93. The molecular weight excluding hydrogens is 372 g/mol. The fourth-order valence-electron chi connectivity index (χ4n) is 3.18. The minimum absolute atomic E-state index is 0.104. The third-order valence-corrected chi connectivity index (χ3v) is 4.67. The molecule has 2 N–H and O–H groups in total. The minimum atomic E-state index is -1.09. The first-order valence-corrected chi connectivity index (χ1v) is 9.76. The Kier molecular flexibility index (Phi) is 7.06. The van der Waals surface area contributed by atoms with Crippen LogP contribution in [0.2, 0.25) is 0 Å². The lowest BCUT2D eigenvalue weighted by Gasteiger charge is -2.20. The molecule has 7 nitrogen and oxygen atoms in total. The van der Waals surface area contributed by atoms with E-state index in [0.717, 1.165) is 16.5 Å². The molecule has 1 aromatic carbocycles. The molecule has 0 fully saturated rings. The van der Waals surface area contributed by atoms with Crippen molar-refractivity contribution in [2.75, 3.05) is 0 Å². The van der Waals surface area contributed by atoms with Crippen LogP contribution in [-0.4, -0.2) is 39.2 Å². The molecule has 0 spiro atoms. The first-order valence-electron chi connectivity index (χ1n) is 9.76. The molecule has 0 bridgehead atoms. The first kappa shape index (κ1) is 22.5. The highest BCUT2D eigenvalue weighted by atomic mass is 16.6. The fourth-order valence-corrected chi connectivity index (χ4v) is 3.18. The molecule has 1 aromatic heterocycles. The van der Waals surface area contributed by atoms with Crippen molar-refractivity contribution in [3.05, 3.63) is 36.0 Å². The summed E-state index contributed by atoms with van der Waals surface area (Å²) in [6.45, 7) is 7.03. The number of ether oxygens (including phenoxy) is 1. The van der Waals surface area contributed by atoms with Crippen molar-refractivity contribution in [2.24, 2.45) is 13.0 Å². The highest BCUT2D eigenvalue weighted by Gasteiger charge is 2.25. The summed E-state index contributed by atoms with van der Waals surface area (Å²) >= 11 is 0. The van der Waals surface area contributed by atoms with Gasteiger partial charge in [-0.1, -0.05) is 25.1 Å². The van der Waals surface area contributed by atoms with Crippen LogP contribution in [0.15, 0.2) is 30.5 Å². The maximum atomic E-state index is 12.5. The largest absolute Gasteiger partial charge is 0.480 e. The van der Waals surface area contributed by atoms with Crippen molar-refractivity contribution >= 4 is 28.7 Å². The number of aliphatic carboxylic acids is 1. The number of aryl methyl sites for hydroxylation is 1. The molecule has 2 aromatic rings. The highest BCUT2D eigenvalue weighted by molar-refractivity contribution is 5.87. The molecule has 7 heteroatoms. The van der Waals surface area contributed by atoms with E-state index in [4.69, 9.17) is 4.74 Å². The van der Waals surface area contributed by atoms with E-state index in [1.165, 1.54) is 0 Å². The first-order chi connectivity index (χ1) is 13.5. The molecular formula is C22H30N2O5. The van der Waals surface area contributed by atoms with E-state index in [-0.39, 0.29) is 24.7 Å². The lowest BCUT2D eigenvalue weighted by Crippen LogP contribution is -2.44. The van der Waals surface area contributed by atoms with Crippen LogP contribution in [0, 0.1) is 5.92 Å². The van der Waals surface area contributed by atoms with Crippen molar-refractivity contribution in [1.82, 2.24) is 9.88 Å². The summed E-state index contributed by atoms with van der Waals surface area (Å²) in [4.78, 5) is 36.0. The van der Waals surface area contributed by atoms with E-state index in [1.54, 1.807) is 27.7 Å². The van der Waals surface area contributed by atoms with E-state index in [2.05, 4.69) is 5.32 Å². The van der Waals surface area contributed by atoms with Crippen molar-refractivity contribution in [3.63, 3.8) is 0 Å². The number of para-hydroxylation sites is 1. The minimum Gasteiger partial charge on any atom is -0.480 e. The highest BCUT2D eigenvalue weighted by Crippen LogP contribution is 2.22. The smallest absolute Gasteiger partial charge is 0.326 e. The second-order valence-corrected chi connectivity index (χ2v) is 8.41.